The minimum atomic E-state index is -10.7. The van der Waals surface area contributed by atoms with Gasteiger partial charge in [0.15, 0.2) is 0 Å². The van der Waals surface area contributed by atoms with E-state index >= 15 is 0 Å². The van der Waals surface area contributed by atoms with Crippen molar-refractivity contribution in [3.05, 3.63) is 206 Å². The van der Waals surface area contributed by atoms with Crippen LogP contribution in [-0.4, -0.2) is 0 Å². The molecule has 1 aliphatic rings. The predicted octanol–water partition coefficient (Wildman–Crippen LogP) is 12.9. The summed E-state index contributed by atoms with van der Waals surface area (Å²) < 4.78 is 59.2. The van der Waals surface area contributed by atoms with Crippen LogP contribution in [0.5, 0.6) is 0 Å². The summed E-state index contributed by atoms with van der Waals surface area (Å²) in [5, 5.41) is 8.39. The van der Waals surface area contributed by atoms with E-state index < -0.39 is 23.7 Å². The normalized spacial score (nSPS) is 14.0. The van der Waals surface area contributed by atoms with E-state index in [0.29, 0.717) is 0 Å². The molecule has 0 amide bonds. The van der Waals surface area contributed by atoms with Gasteiger partial charge in [-0.05, 0) is 73.4 Å². The van der Waals surface area contributed by atoms with Gasteiger partial charge in [0.05, 0.1) is 0 Å². The van der Waals surface area contributed by atoms with Crippen LogP contribution in [0.3, 0.4) is 0 Å². The summed E-state index contributed by atoms with van der Waals surface area (Å²) in [4.78, 5) is 0. The molecule has 0 aromatic heterocycles. The molecule has 6 aromatic carbocycles. The molecule has 0 N–H and O–H groups in total. The van der Waals surface area contributed by atoms with Gasteiger partial charge in [0.1, 0.15) is 0 Å². The minimum absolute atomic E-state index is 0. The van der Waals surface area contributed by atoms with Crippen LogP contribution in [0.1, 0.15) is 25.7 Å². The Bertz CT molecular complexity index is 1610. The van der Waals surface area contributed by atoms with Crippen LogP contribution in [0.2, 0.25) is 0 Å². The van der Waals surface area contributed by atoms with Crippen LogP contribution in [0.25, 0.3) is 0 Å². The predicted molar refractivity (Wildman–Crippen MR) is 221 cm³/mol. The largest absolute Gasteiger partial charge is 0.0622 e. The van der Waals surface area contributed by atoms with Crippen molar-refractivity contribution in [2.24, 2.45) is 0 Å². The molecule has 1 aliphatic carbocycles. The van der Waals surface area contributed by atoms with Gasteiger partial charge in [0.25, 0.3) is 0 Å². The topological polar surface area (TPSA) is 0 Å². The fourth-order valence-corrected chi connectivity index (χ4v) is 9.82. The third-order valence-electron chi connectivity index (χ3n) is 7.42. The van der Waals surface area contributed by atoms with Crippen LogP contribution in [0, 0.1) is 0 Å². The summed E-state index contributed by atoms with van der Waals surface area (Å²) in [5.41, 5.74) is 0. The monoisotopic (exact) mass is 880 g/mol. The van der Waals surface area contributed by atoms with Gasteiger partial charge < -0.3 is 0 Å². The molecule has 0 saturated carbocycles. The quantitative estimate of drug-likeness (QED) is 0.0677. The molecular weight excluding hydrogens is 838 g/mol. The Hall–Kier alpha value is -3.71. The van der Waals surface area contributed by atoms with Crippen LogP contribution in [0.15, 0.2) is 206 Å². The van der Waals surface area contributed by atoms with E-state index in [-0.39, 0.29) is 19.5 Å². The first-order chi connectivity index (χ1) is 25.3. The van der Waals surface area contributed by atoms with Gasteiger partial charge in [0, 0.05) is 19.5 Å². The van der Waals surface area contributed by atoms with E-state index in [1.165, 1.54) is 57.5 Å². The van der Waals surface area contributed by atoms with Crippen molar-refractivity contribution in [2.45, 2.75) is 25.7 Å². The van der Waals surface area contributed by atoms with Crippen molar-refractivity contribution in [3.63, 3.8) is 0 Å². The molecule has 0 spiro atoms. The average Bonchev–Trinajstić information content (AvgIpc) is 3.14. The Morgan fingerprint density at radius 2 is 0.407 bits per heavy atom. The zero-order valence-corrected chi connectivity index (χ0v) is 33.7. The second-order valence-electron chi connectivity index (χ2n) is 11.7. The first-order valence-electron chi connectivity index (χ1n) is 17.1. The number of rotatable bonds is 6. The van der Waals surface area contributed by atoms with Crippen molar-refractivity contribution in [1.82, 2.24) is 0 Å². The molecule has 0 nitrogen and oxygen atoms in total. The summed E-state index contributed by atoms with van der Waals surface area (Å²) in [6.45, 7) is 0. The Labute approximate surface area is 330 Å². The summed E-state index contributed by atoms with van der Waals surface area (Å²) in [7, 11) is -11.5. The van der Waals surface area contributed by atoms with Crippen LogP contribution in [-0.2, 0) is 19.5 Å². The standard InChI is InChI=1S/2C18H15P.C8H12.F6P.Rh/c2*1-4-10-16(11-5-1)19(17-12-6-2-7-13-17)18-14-8-3-9-15-18;1-2-4-6-8-7-5-3-1;1-7(2,3,4,5)6;/h2*1-15H;1-2,7-8H,3-6H2;;/q;;;-1;/b;;2-1-,8-7?;;. The Balaban J connectivity index is 0.000000210. The molecule has 7 rings (SSSR count). The Morgan fingerprint density at radius 3 is 0.537 bits per heavy atom. The maximum absolute atomic E-state index is 10.7. The molecule has 285 valence electrons. The molecule has 0 heterocycles. The number of halogens is 6. The van der Waals surface area contributed by atoms with E-state index in [0.717, 1.165) is 0 Å². The van der Waals surface area contributed by atoms with E-state index in [1.54, 1.807) is 0 Å². The van der Waals surface area contributed by atoms with Crippen molar-refractivity contribution in [2.75, 3.05) is 0 Å². The Morgan fingerprint density at radius 1 is 0.278 bits per heavy atom. The average molecular weight is 881 g/mol. The molecule has 0 atom stereocenters. The first-order valence-corrected chi connectivity index (χ1v) is 21.8. The SMILES string of the molecule is C1=CCC/C=C\CC1.F[P-](F)(F)(F)(F)F.[Rh].c1ccc(P(c2ccccc2)c2ccccc2)cc1.c1ccc(P(c2ccccc2)c2ccccc2)cc1. The summed E-state index contributed by atoms with van der Waals surface area (Å²) in [5.74, 6) is 0. The number of hydrogen-bond donors (Lipinski definition) is 0. The number of hydrogen-bond acceptors (Lipinski definition) is 0. The fraction of sp³-hybridized carbons (Fsp3) is 0.0909. The van der Waals surface area contributed by atoms with Crippen molar-refractivity contribution >= 4 is 55.5 Å². The smallest absolute Gasteiger partial charge is 0 e. The summed E-state index contributed by atoms with van der Waals surface area (Å²) >= 11 is 0. The molecule has 0 fully saturated rings. The third kappa shape index (κ3) is 18.6. The van der Waals surface area contributed by atoms with Crippen LogP contribution in [0.4, 0.5) is 25.2 Å². The second kappa shape index (κ2) is 21.4. The van der Waals surface area contributed by atoms with Crippen molar-refractivity contribution < 1.29 is 44.7 Å². The fourth-order valence-electron chi connectivity index (χ4n) is 5.21. The minimum Gasteiger partial charge on any atom is -0.0622 e. The zero-order chi connectivity index (χ0) is 37.9. The molecule has 0 unspecified atom stereocenters. The molecule has 10 heteroatoms. The van der Waals surface area contributed by atoms with Gasteiger partial charge in [-0.2, -0.15) is 0 Å². The van der Waals surface area contributed by atoms with Gasteiger partial charge in [-0.3, -0.25) is 0 Å². The van der Waals surface area contributed by atoms with Gasteiger partial charge in [-0.25, -0.2) is 0 Å². The molecule has 6 aromatic rings. The molecule has 0 bridgehead atoms. The number of allylic oxidation sites excluding steroid dienone is 4. The maximum Gasteiger partial charge on any atom is 0 e. The molecule has 1 radical (unpaired) electrons. The van der Waals surface area contributed by atoms with Gasteiger partial charge in [0.2, 0.25) is 0 Å². The van der Waals surface area contributed by atoms with E-state index in [4.69, 9.17) is 0 Å². The summed E-state index contributed by atoms with van der Waals surface area (Å²) in [6.07, 6.45) is 14.0. The molecular formula is C44H42F6P3Rh-. The van der Waals surface area contributed by atoms with E-state index in [1.807, 2.05) is 0 Å². The Kier molecular flexibility index (Phi) is 17.7. The van der Waals surface area contributed by atoms with Crippen LogP contribution < -0.4 is 31.8 Å². The van der Waals surface area contributed by atoms with Gasteiger partial charge >= 0.3 is 33.0 Å². The summed E-state index contributed by atoms with van der Waals surface area (Å²) in [6, 6.07) is 64.7. The third-order valence-corrected chi connectivity index (χ3v) is 12.3. The van der Waals surface area contributed by atoms with Crippen molar-refractivity contribution in [1.29, 1.82) is 0 Å². The van der Waals surface area contributed by atoms with E-state index in [9.17, 15) is 25.2 Å². The first kappa shape index (κ1) is 44.7. The van der Waals surface area contributed by atoms with E-state index in [2.05, 4.69) is 206 Å². The maximum atomic E-state index is 9.87. The van der Waals surface area contributed by atoms with Gasteiger partial charge in [-0.1, -0.05) is 206 Å². The number of benzene rings is 6. The van der Waals surface area contributed by atoms with Crippen molar-refractivity contribution in [3.8, 4) is 0 Å². The van der Waals surface area contributed by atoms with Crippen LogP contribution >= 0.6 is 23.7 Å². The molecule has 0 aliphatic heterocycles. The van der Waals surface area contributed by atoms with Gasteiger partial charge in [-0.15, -0.1) is 0 Å². The second-order valence-corrected chi connectivity index (χ2v) is 18.1. The zero-order valence-electron chi connectivity index (χ0n) is 29.4. The molecule has 0 saturated heterocycles. The molecule has 54 heavy (non-hydrogen) atoms.